The lowest BCUT2D eigenvalue weighted by Gasteiger charge is -2.31. The molecular weight excluding hydrogens is 218 g/mol. The Morgan fingerprint density at radius 1 is 1.29 bits per heavy atom. The maximum atomic E-state index is 11.8. The van der Waals surface area contributed by atoms with E-state index in [4.69, 9.17) is 5.11 Å². The highest BCUT2D eigenvalue weighted by molar-refractivity contribution is 5.97. The molecule has 0 saturated carbocycles. The van der Waals surface area contributed by atoms with Crippen LogP contribution in [0.1, 0.15) is 46.0 Å². The summed E-state index contributed by atoms with van der Waals surface area (Å²) in [6.45, 7) is 4.62. The van der Waals surface area contributed by atoms with Crippen molar-refractivity contribution in [3.8, 4) is 0 Å². The minimum atomic E-state index is -0.0483. The van der Waals surface area contributed by atoms with E-state index in [2.05, 4.69) is 6.92 Å². The van der Waals surface area contributed by atoms with E-state index in [0.717, 1.165) is 12.8 Å². The smallest absolute Gasteiger partial charge is 0.229 e. The lowest BCUT2D eigenvalue weighted by Crippen LogP contribution is -2.45. The summed E-state index contributed by atoms with van der Waals surface area (Å²) in [4.78, 5) is 25.0. The average molecular weight is 241 g/mol. The Labute approximate surface area is 103 Å². The molecule has 1 heterocycles. The van der Waals surface area contributed by atoms with Crippen molar-refractivity contribution in [1.29, 1.82) is 0 Å². The van der Waals surface area contributed by atoms with E-state index in [-0.39, 0.29) is 30.3 Å². The Morgan fingerprint density at radius 2 is 1.88 bits per heavy atom. The molecule has 17 heavy (non-hydrogen) atoms. The lowest BCUT2D eigenvalue weighted by molar-refractivity contribution is -0.150. The van der Waals surface area contributed by atoms with Crippen LogP contribution in [0.15, 0.2) is 0 Å². The molecule has 2 amide bonds. The van der Waals surface area contributed by atoms with Crippen LogP contribution in [0.3, 0.4) is 0 Å². The molecule has 1 aliphatic heterocycles. The minimum Gasteiger partial charge on any atom is -0.396 e. The number of hydrogen-bond acceptors (Lipinski definition) is 3. The van der Waals surface area contributed by atoms with Gasteiger partial charge in [0.25, 0.3) is 0 Å². The molecule has 0 bridgehead atoms. The summed E-state index contributed by atoms with van der Waals surface area (Å²) in [5.74, 6) is 0.320. The molecular formula is C13H23NO3. The van der Waals surface area contributed by atoms with Crippen LogP contribution in [0, 0.1) is 11.8 Å². The van der Waals surface area contributed by atoms with E-state index in [1.54, 1.807) is 0 Å². The molecule has 0 spiro atoms. The van der Waals surface area contributed by atoms with Gasteiger partial charge in [-0.3, -0.25) is 14.5 Å². The topological polar surface area (TPSA) is 57.6 Å². The summed E-state index contributed by atoms with van der Waals surface area (Å²) >= 11 is 0. The maximum absolute atomic E-state index is 11.8. The second kappa shape index (κ2) is 6.74. The van der Waals surface area contributed by atoms with Gasteiger partial charge in [-0.2, -0.15) is 0 Å². The number of piperidine rings is 1. The van der Waals surface area contributed by atoms with Gasteiger partial charge in [0.1, 0.15) is 0 Å². The van der Waals surface area contributed by atoms with Gasteiger partial charge in [-0.25, -0.2) is 0 Å². The van der Waals surface area contributed by atoms with Crippen molar-refractivity contribution in [3.63, 3.8) is 0 Å². The van der Waals surface area contributed by atoms with Gasteiger partial charge in [0.05, 0.1) is 0 Å². The van der Waals surface area contributed by atoms with Gasteiger partial charge in [-0.1, -0.05) is 20.3 Å². The third-order valence-corrected chi connectivity index (χ3v) is 3.32. The Balaban J connectivity index is 2.58. The van der Waals surface area contributed by atoms with Gasteiger partial charge in [-0.15, -0.1) is 0 Å². The molecule has 0 radical (unpaired) electrons. The molecule has 0 aromatic carbocycles. The molecule has 98 valence electrons. The van der Waals surface area contributed by atoms with E-state index >= 15 is 0 Å². The Morgan fingerprint density at radius 3 is 2.35 bits per heavy atom. The lowest BCUT2D eigenvalue weighted by atomic mass is 9.94. The SMILES string of the molecule is CCCC(CCO)CN1C(=O)CC(C)CC1=O. The molecule has 0 aromatic rings. The Hall–Kier alpha value is -0.900. The highest BCUT2D eigenvalue weighted by Crippen LogP contribution is 2.22. The summed E-state index contributed by atoms with van der Waals surface area (Å²) < 4.78 is 0. The van der Waals surface area contributed by atoms with Crippen molar-refractivity contribution >= 4 is 11.8 Å². The van der Waals surface area contributed by atoms with E-state index in [1.165, 1.54) is 4.90 Å². The average Bonchev–Trinajstić information content (AvgIpc) is 2.23. The number of aliphatic hydroxyl groups excluding tert-OH is 1. The number of likely N-dealkylation sites (tertiary alicyclic amines) is 1. The molecule has 0 aromatic heterocycles. The van der Waals surface area contributed by atoms with Crippen molar-refractivity contribution in [2.45, 2.75) is 46.0 Å². The summed E-state index contributed by atoms with van der Waals surface area (Å²) in [6.07, 6.45) is 3.58. The molecule has 4 heteroatoms. The van der Waals surface area contributed by atoms with E-state index < -0.39 is 0 Å². The molecule has 1 saturated heterocycles. The first kappa shape index (κ1) is 14.2. The van der Waals surface area contributed by atoms with Crippen LogP contribution in [0.4, 0.5) is 0 Å². The zero-order chi connectivity index (χ0) is 12.8. The number of imide groups is 1. The number of rotatable bonds is 6. The highest BCUT2D eigenvalue weighted by atomic mass is 16.3. The van der Waals surface area contributed by atoms with Crippen molar-refractivity contribution in [1.82, 2.24) is 4.90 Å². The van der Waals surface area contributed by atoms with Crippen molar-refractivity contribution < 1.29 is 14.7 Å². The van der Waals surface area contributed by atoms with Gasteiger partial charge < -0.3 is 5.11 Å². The van der Waals surface area contributed by atoms with Gasteiger partial charge in [0.2, 0.25) is 11.8 Å². The number of aliphatic hydroxyl groups is 1. The number of amides is 2. The van der Waals surface area contributed by atoms with Gasteiger partial charge in [0, 0.05) is 26.0 Å². The minimum absolute atomic E-state index is 0.0483. The Kier molecular flexibility index (Phi) is 5.62. The molecule has 1 unspecified atom stereocenters. The molecule has 1 atom stereocenters. The van der Waals surface area contributed by atoms with Crippen molar-refractivity contribution in [2.24, 2.45) is 11.8 Å². The molecule has 1 fully saturated rings. The van der Waals surface area contributed by atoms with Crippen LogP contribution >= 0.6 is 0 Å². The predicted octanol–water partition coefficient (Wildman–Crippen LogP) is 1.57. The quantitative estimate of drug-likeness (QED) is 0.718. The number of carbonyl (C=O) groups is 2. The zero-order valence-corrected chi connectivity index (χ0v) is 10.8. The molecule has 0 aliphatic carbocycles. The largest absolute Gasteiger partial charge is 0.396 e. The molecule has 4 nitrogen and oxygen atoms in total. The second-order valence-corrected chi connectivity index (χ2v) is 5.08. The molecule has 1 rings (SSSR count). The third kappa shape index (κ3) is 4.11. The first-order valence-corrected chi connectivity index (χ1v) is 6.52. The maximum Gasteiger partial charge on any atom is 0.229 e. The summed E-state index contributed by atoms with van der Waals surface area (Å²) in [6, 6.07) is 0. The summed E-state index contributed by atoms with van der Waals surface area (Å²) in [5.41, 5.74) is 0. The summed E-state index contributed by atoms with van der Waals surface area (Å²) in [5, 5.41) is 8.98. The van der Waals surface area contributed by atoms with E-state index in [0.29, 0.717) is 25.8 Å². The van der Waals surface area contributed by atoms with Gasteiger partial charge >= 0.3 is 0 Å². The van der Waals surface area contributed by atoms with Crippen LogP contribution in [0.25, 0.3) is 0 Å². The van der Waals surface area contributed by atoms with Gasteiger partial charge in [0.15, 0.2) is 0 Å². The second-order valence-electron chi connectivity index (χ2n) is 5.08. The van der Waals surface area contributed by atoms with Crippen LogP contribution in [0.5, 0.6) is 0 Å². The molecule has 1 N–H and O–H groups in total. The van der Waals surface area contributed by atoms with Crippen LogP contribution < -0.4 is 0 Å². The standard InChI is InChI=1S/C13H23NO3/c1-3-4-11(5-6-15)9-14-12(16)7-10(2)8-13(14)17/h10-11,15H,3-9H2,1-2H3. The van der Waals surface area contributed by atoms with Crippen LogP contribution in [-0.4, -0.2) is 35.0 Å². The van der Waals surface area contributed by atoms with E-state index in [9.17, 15) is 9.59 Å². The van der Waals surface area contributed by atoms with Crippen LogP contribution in [0.2, 0.25) is 0 Å². The number of carbonyl (C=O) groups excluding carboxylic acids is 2. The summed E-state index contributed by atoms with van der Waals surface area (Å²) in [7, 11) is 0. The fraction of sp³-hybridized carbons (Fsp3) is 0.846. The first-order chi connectivity index (χ1) is 8.08. The number of nitrogens with zero attached hydrogens (tertiary/aromatic N) is 1. The zero-order valence-electron chi connectivity index (χ0n) is 10.8. The normalized spacial score (nSPS) is 19.8. The number of hydrogen-bond donors (Lipinski definition) is 1. The fourth-order valence-corrected chi connectivity index (χ4v) is 2.41. The van der Waals surface area contributed by atoms with E-state index in [1.807, 2.05) is 6.92 Å². The highest BCUT2D eigenvalue weighted by Gasteiger charge is 2.31. The van der Waals surface area contributed by atoms with Crippen molar-refractivity contribution in [3.05, 3.63) is 0 Å². The van der Waals surface area contributed by atoms with Crippen LogP contribution in [-0.2, 0) is 9.59 Å². The van der Waals surface area contributed by atoms with Crippen molar-refractivity contribution in [2.75, 3.05) is 13.2 Å². The predicted molar refractivity (Wildman–Crippen MR) is 65.2 cm³/mol. The first-order valence-electron chi connectivity index (χ1n) is 6.52. The monoisotopic (exact) mass is 241 g/mol. The third-order valence-electron chi connectivity index (χ3n) is 3.32. The Bertz CT molecular complexity index is 254. The molecule has 1 aliphatic rings. The fourth-order valence-electron chi connectivity index (χ4n) is 2.41. The van der Waals surface area contributed by atoms with Gasteiger partial charge in [-0.05, 0) is 24.7 Å².